The number of hydrogen-bond acceptors (Lipinski definition) is 7. The fourth-order valence-electron chi connectivity index (χ4n) is 7.62. The predicted octanol–water partition coefficient (Wildman–Crippen LogP) is 4.14. The van der Waals surface area contributed by atoms with Gasteiger partial charge in [-0.3, -0.25) is 4.79 Å². The third kappa shape index (κ3) is 6.07. The van der Waals surface area contributed by atoms with Crippen LogP contribution in [0.2, 0.25) is 0 Å². The minimum absolute atomic E-state index is 0.173. The average molecular weight is 565 g/mol. The Morgan fingerprint density at radius 3 is 2.02 bits per heavy atom. The molecule has 1 spiro atoms. The highest BCUT2D eigenvalue weighted by Gasteiger charge is 2.57. The van der Waals surface area contributed by atoms with Crippen LogP contribution in [-0.2, 0) is 29.4 Å². The Morgan fingerprint density at radius 1 is 0.927 bits per heavy atom. The fourth-order valence-corrected chi connectivity index (χ4v) is 7.62. The van der Waals surface area contributed by atoms with Crippen molar-refractivity contribution in [2.75, 3.05) is 19.6 Å². The molecule has 0 aromatic heterocycles. The van der Waals surface area contributed by atoms with E-state index in [1.165, 1.54) is 43.3 Å². The lowest BCUT2D eigenvalue weighted by atomic mass is 9.85. The third-order valence-electron chi connectivity index (χ3n) is 9.57. The summed E-state index contributed by atoms with van der Waals surface area (Å²) in [5.41, 5.74) is 11.3. The van der Waals surface area contributed by atoms with Crippen molar-refractivity contribution in [1.29, 1.82) is 0 Å². The normalized spacial score (nSPS) is 24.6. The maximum Gasteiger partial charge on any atom is 0.348 e. The van der Waals surface area contributed by atoms with Crippen LogP contribution >= 0.6 is 0 Å². The molecular formula is C33H46N3O5+. The lowest BCUT2D eigenvalue weighted by Crippen LogP contribution is -2.60. The van der Waals surface area contributed by atoms with Gasteiger partial charge in [-0.25, -0.2) is 4.79 Å². The van der Waals surface area contributed by atoms with Crippen LogP contribution in [0.5, 0.6) is 0 Å². The highest BCUT2D eigenvalue weighted by atomic mass is 16.7. The highest BCUT2D eigenvalue weighted by Crippen LogP contribution is 2.47. The first-order valence-electron chi connectivity index (χ1n) is 15.4. The topological polar surface area (TPSA) is 114 Å². The van der Waals surface area contributed by atoms with E-state index in [1.54, 1.807) is 6.92 Å². The molecular weight excluding hydrogens is 518 g/mol. The predicted molar refractivity (Wildman–Crippen MR) is 156 cm³/mol. The molecule has 2 unspecified atom stereocenters. The Bertz CT molecular complexity index is 1100. The second-order valence-electron chi connectivity index (χ2n) is 12.1. The van der Waals surface area contributed by atoms with Crippen LogP contribution in [0.4, 0.5) is 0 Å². The van der Waals surface area contributed by atoms with Crippen LogP contribution in [0.1, 0.15) is 75.8 Å². The summed E-state index contributed by atoms with van der Waals surface area (Å²) in [5.74, 6) is -1.05. The Balaban J connectivity index is 1.40. The molecule has 3 fully saturated rings. The minimum atomic E-state index is -1.62. The third-order valence-corrected chi connectivity index (χ3v) is 9.57. The quantitative estimate of drug-likeness (QED) is 0.172. The molecule has 3 heterocycles. The first kappa shape index (κ1) is 29.7. The molecule has 4 atom stereocenters. The van der Waals surface area contributed by atoms with Crippen LogP contribution < -0.4 is 11.5 Å². The molecule has 41 heavy (non-hydrogen) atoms. The molecule has 3 saturated heterocycles. The number of nitrogens with zero attached hydrogens (tertiary/aromatic N) is 1. The molecule has 2 bridgehead atoms. The van der Waals surface area contributed by atoms with Crippen molar-refractivity contribution in [2.24, 2.45) is 11.5 Å². The lowest BCUT2D eigenvalue weighted by molar-refractivity contribution is -0.956. The van der Waals surface area contributed by atoms with Crippen molar-refractivity contribution in [3.8, 4) is 0 Å². The summed E-state index contributed by atoms with van der Waals surface area (Å²) in [6.07, 6.45) is 7.51. The molecule has 3 aliphatic heterocycles. The van der Waals surface area contributed by atoms with Crippen LogP contribution in [0.3, 0.4) is 0 Å². The number of hydrogen-bond donors (Lipinski definition) is 2. The summed E-state index contributed by atoms with van der Waals surface area (Å²) in [6.45, 7) is 4.69. The smallest absolute Gasteiger partial charge is 0.348 e. The highest BCUT2D eigenvalue weighted by molar-refractivity contribution is 5.86. The summed E-state index contributed by atoms with van der Waals surface area (Å²) in [6, 6.07) is 19.0. The van der Waals surface area contributed by atoms with Gasteiger partial charge in [0, 0.05) is 38.5 Å². The number of quaternary nitrogens is 1. The molecule has 0 radical (unpaired) electrons. The van der Waals surface area contributed by atoms with E-state index in [-0.39, 0.29) is 6.10 Å². The molecule has 2 aromatic rings. The maximum atomic E-state index is 14.5. The number of piperidine rings is 1. The molecule has 2 aromatic carbocycles. The van der Waals surface area contributed by atoms with Crippen molar-refractivity contribution in [1.82, 2.24) is 0 Å². The summed E-state index contributed by atoms with van der Waals surface area (Å²) in [5, 5.41) is 0. The van der Waals surface area contributed by atoms with E-state index < -0.39 is 29.9 Å². The molecule has 222 valence electrons. The van der Waals surface area contributed by atoms with Crippen molar-refractivity contribution < 1.29 is 28.3 Å². The van der Waals surface area contributed by atoms with Crippen molar-refractivity contribution in [3.05, 3.63) is 71.8 Å². The molecule has 5 rings (SSSR count). The zero-order valence-electron chi connectivity index (χ0n) is 24.3. The Morgan fingerprint density at radius 2 is 1.49 bits per heavy atom. The zero-order chi connectivity index (χ0) is 28.9. The summed E-state index contributed by atoms with van der Waals surface area (Å²) in [7, 11) is 0. The molecule has 4 N–H and O–H groups in total. The van der Waals surface area contributed by atoms with E-state index in [0.717, 1.165) is 25.7 Å². The molecule has 0 saturated carbocycles. The fraction of sp³-hybridized carbons (Fsp3) is 0.576. The van der Waals surface area contributed by atoms with E-state index >= 15 is 0 Å². The van der Waals surface area contributed by atoms with E-state index in [9.17, 15) is 9.59 Å². The number of carbonyl (C=O) groups is 2. The number of carbonyl (C=O) groups excluding carboxylic acids is 2. The summed E-state index contributed by atoms with van der Waals surface area (Å²) in [4.78, 5) is 27.3. The van der Waals surface area contributed by atoms with Crippen LogP contribution in [-0.4, -0.2) is 66.6 Å². The first-order valence-corrected chi connectivity index (χ1v) is 15.4. The summed E-state index contributed by atoms with van der Waals surface area (Å²) < 4.78 is 19.8. The van der Waals surface area contributed by atoms with Gasteiger partial charge in [0.2, 0.25) is 11.9 Å². The minimum Gasteiger partial charge on any atom is -0.459 e. The SMILES string of the molecule is C[C@@H](OC(=O)[C@@H](N)CCCCN)OC(C(=O)OC1CC2CCC(C1)[N+]21CCCC1)(c1ccccc1)c1ccccc1. The Kier molecular flexibility index (Phi) is 9.44. The van der Waals surface area contributed by atoms with Crippen LogP contribution in [0, 0.1) is 0 Å². The standard InChI is InChI=1S/C33H46N3O5/c1-24(39-31(37)30(35)16-8-9-19-34)41-33(25-12-4-2-5-13-25,26-14-6-3-7-15-26)32(38)40-29-22-27-17-18-28(23-29)36(27)20-10-11-21-36/h2-7,12-15,24,27-30H,8-11,16-23,34-35H2,1H3/q+1/t24-,27?,28?,29?,30-/m0/s1. The van der Waals surface area contributed by atoms with Crippen molar-refractivity contribution in [2.45, 2.75) is 101 Å². The number of unbranched alkanes of at least 4 members (excludes halogenated alkanes) is 1. The van der Waals surface area contributed by atoms with Gasteiger partial charge in [-0.1, -0.05) is 67.1 Å². The molecule has 0 amide bonds. The van der Waals surface area contributed by atoms with Gasteiger partial charge < -0.3 is 30.2 Å². The average Bonchev–Trinajstić information content (AvgIpc) is 3.53. The van der Waals surface area contributed by atoms with Gasteiger partial charge in [0.25, 0.3) is 0 Å². The first-order chi connectivity index (χ1) is 19.9. The van der Waals surface area contributed by atoms with Gasteiger partial charge in [-0.2, -0.15) is 0 Å². The van der Waals surface area contributed by atoms with Gasteiger partial charge in [0.1, 0.15) is 12.1 Å². The van der Waals surface area contributed by atoms with E-state index in [2.05, 4.69) is 0 Å². The van der Waals surface area contributed by atoms with Gasteiger partial charge in [-0.15, -0.1) is 0 Å². The summed E-state index contributed by atoms with van der Waals surface area (Å²) >= 11 is 0. The van der Waals surface area contributed by atoms with Crippen LogP contribution in [0.15, 0.2) is 60.7 Å². The Labute approximate surface area is 243 Å². The van der Waals surface area contributed by atoms with Gasteiger partial charge in [-0.05, 0) is 37.4 Å². The van der Waals surface area contributed by atoms with Gasteiger partial charge >= 0.3 is 11.9 Å². The van der Waals surface area contributed by atoms with E-state index in [1.807, 2.05) is 60.7 Å². The number of ether oxygens (including phenoxy) is 3. The number of esters is 2. The Hall–Kier alpha value is -2.78. The molecule has 0 aliphatic carbocycles. The van der Waals surface area contributed by atoms with Gasteiger partial charge in [0.05, 0.1) is 25.2 Å². The number of nitrogens with two attached hydrogens (primary N) is 2. The van der Waals surface area contributed by atoms with Crippen LogP contribution in [0.25, 0.3) is 0 Å². The number of benzene rings is 2. The molecule has 8 nitrogen and oxygen atoms in total. The zero-order valence-corrected chi connectivity index (χ0v) is 24.3. The number of rotatable bonds is 12. The second-order valence-corrected chi connectivity index (χ2v) is 12.1. The largest absolute Gasteiger partial charge is 0.459 e. The van der Waals surface area contributed by atoms with E-state index in [4.69, 9.17) is 25.7 Å². The van der Waals surface area contributed by atoms with Crippen molar-refractivity contribution in [3.63, 3.8) is 0 Å². The maximum absolute atomic E-state index is 14.5. The second kappa shape index (κ2) is 13.0. The van der Waals surface area contributed by atoms with Crippen molar-refractivity contribution >= 4 is 11.9 Å². The lowest BCUT2D eigenvalue weighted by Gasteiger charge is -2.47. The molecule has 8 heteroatoms. The van der Waals surface area contributed by atoms with Gasteiger partial charge in [0.15, 0.2) is 0 Å². The monoisotopic (exact) mass is 564 g/mol. The molecule has 3 aliphatic rings. The van der Waals surface area contributed by atoms with E-state index in [0.29, 0.717) is 36.2 Å².